The first-order chi connectivity index (χ1) is 8.33. The first-order valence-electron chi connectivity index (χ1n) is 6.52. The van der Waals surface area contributed by atoms with E-state index in [0.29, 0.717) is 6.04 Å². The molecule has 1 atom stereocenters. The SMILES string of the molecule is CC#CCCC(NCCC)c1sccc1CC. The molecule has 94 valence electrons. The fourth-order valence-corrected chi connectivity index (χ4v) is 3.04. The van der Waals surface area contributed by atoms with Gasteiger partial charge in [-0.1, -0.05) is 13.8 Å². The Bertz CT molecular complexity index is 370. The van der Waals surface area contributed by atoms with Crippen LogP contribution in [0.15, 0.2) is 11.4 Å². The molecule has 0 fully saturated rings. The van der Waals surface area contributed by atoms with E-state index in [9.17, 15) is 0 Å². The maximum absolute atomic E-state index is 3.65. The molecule has 0 spiro atoms. The Labute approximate surface area is 110 Å². The standard InChI is InChI=1S/C15H23NS/c1-4-7-8-9-14(16-11-5-2)15-13(6-3)10-12-17-15/h10,12,14,16H,5-6,8-9,11H2,1-3H3. The number of hydrogen-bond acceptors (Lipinski definition) is 2. The van der Waals surface area contributed by atoms with E-state index < -0.39 is 0 Å². The number of aryl methyl sites for hydroxylation is 1. The fourth-order valence-electron chi connectivity index (χ4n) is 1.93. The molecule has 1 N–H and O–H groups in total. The Balaban J connectivity index is 2.69. The van der Waals surface area contributed by atoms with E-state index >= 15 is 0 Å². The van der Waals surface area contributed by atoms with Crippen molar-refractivity contribution in [1.29, 1.82) is 0 Å². The van der Waals surface area contributed by atoms with Crippen LogP contribution in [0.5, 0.6) is 0 Å². The number of thiophene rings is 1. The third kappa shape index (κ3) is 4.53. The molecule has 0 aliphatic carbocycles. The zero-order chi connectivity index (χ0) is 12.5. The van der Waals surface area contributed by atoms with E-state index in [1.165, 1.54) is 16.9 Å². The fraction of sp³-hybridized carbons (Fsp3) is 0.600. The van der Waals surface area contributed by atoms with Gasteiger partial charge >= 0.3 is 0 Å². The highest BCUT2D eigenvalue weighted by atomic mass is 32.1. The summed E-state index contributed by atoms with van der Waals surface area (Å²) in [6, 6.07) is 2.75. The molecule has 0 aliphatic heterocycles. The largest absolute Gasteiger partial charge is 0.309 e. The molecule has 17 heavy (non-hydrogen) atoms. The molecule has 1 aromatic heterocycles. The second kappa shape index (κ2) is 8.33. The summed E-state index contributed by atoms with van der Waals surface area (Å²) in [7, 11) is 0. The van der Waals surface area contributed by atoms with Gasteiger partial charge in [0.25, 0.3) is 0 Å². The van der Waals surface area contributed by atoms with Crippen molar-refractivity contribution in [3.63, 3.8) is 0 Å². The Morgan fingerprint density at radius 1 is 1.41 bits per heavy atom. The number of nitrogens with one attached hydrogen (secondary N) is 1. The Morgan fingerprint density at radius 3 is 2.88 bits per heavy atom. The maximum Gasteiger partial charge on any atom is 0.0426 e. The average Bonchev–Trinajstić information content (AvgIpc) is 2.81. The predicted octanol–water partition coefficient (Wildman–Crippen LogP) is 4.15. The summed E-state index contributed by atoms with van der Waals surface area (Å²) in [5.41, 5.74) is 1.49. The summed E-state index contributed by atoms with van der Waals surface area (Å²) in [6.07, 6.45) is 4.42. The first-order valence-corrected chi connectivity index (χ1v) is 7.40. The maximum atomic E-state index is 3.65. The highest BCUT2D eigenvalue weighted by Crippen LogP contribution is 2.28. The third-order valence-electron chi connectivity index (χ3n) is 2.85. The summed E-state index contributed by atoms with van der Waals surface area (Å²) in [5, 5.41) is 5.86. The van der Waals surface area contributed by atoms with E-state index in [0.717, 1.165) is 25.8 Å². The summed E-state index contributed by atoms with van der Waals surface area (Å²) in [5.74, 6) is 6.15. The van der Waals surface area contributed by atoms with Crippen molar-refractivity contribution >= 4 is 11.3 Å². The van der Waals surface area contributed by atoms with Gasteiger partial charge in [-0.25, -0.2) is 0 Å². The second-order valence-corrected chi connectivity index (χ2v) is 5.08. The van der Waals surface area contributed by atoms with Gasteiger partial charge in [-0.2, -0.15) is 0 Å². The predicted molar refractivity (Wildman–Crippen MR) is 77.4 cm³/mol. The van der Waals surface area contributed by atoms with Crippen LogP contribution in [0.4, 0.5) is 0 Å². The van der Waals surface area contributed by atoms with Gasteiger partial charge < -0.3 is 5.32 Å². The molecule has 0 radical (unpaired) electrons. The van der Waals surface area contributed by atoms with E-state index in [-0.39, 0.29) is 0 Å². The van der Waals surface area contributed by atoms with Gasteiger partial charge in [0.2, 0.25) is 0 Å². The van der Waals surface area contributed by atoms with E-state index in [1.807, 2.05) is 18.3 Å². The van der Waals surface area contributed by atoms with Crippen LogP contribution in [-0.4, -0.2) is 6.54 Å². The second-order valence-electron chi connectivity index (χ2n) is 4.14. The monoisotopic (exact) mass is 249 g/mol. The lowest BCUT2D eigenvalue weighted by molar-refractivity contribution is 0.510. The zero-order valence-corrected chi connectivity index (χ0v) is 12.0. The molecular weight excluding hydrogens is 226 g/mol. The van der Waals surface area contributed by atoms with Crippen LogP contribution >= 0.6 is 11.3 Å². The molecule has 0 aromatic carbocycles. The average molecular weight is 249 g/mol. The Morgan fingerprint density at radius 2 is 2.24 bits per heavy atom. The van der Waals surface area contributed by atoms with E-state index in [4.69, 9.17) is 0 Å². The molecule has 1 nitrogen and oxygen atoms in total. The van der Waals surface area contributed by atoms with Gasteiger partial charge in [-0.15, -0.1) is 23.2 Å². The van der Waals surface area contributed by atoms with Gasteiger partial charge in [0.05, 0.1) is 0 Å². The van der Waals surface area contributed by atoms with Crippen molar-refractivity contribution in [2.45, 2.75) is 52.5 Å². The van der Waals surface area contributed by atoms with Crippen molar-refractivity contribution in [2.24, 2.45) is 0 Å². The molecular formula is C15H23NS. The normalized spacial score (nSPS) is 11.9. The van der Waals surface area contributed by atoms with Crippen LogP contribution in [-0.2, 0) is 6.42 Å². The summed E-state index contributed by atoms with van der Waals surface area (Å²) in [6.45, 7) is 7.45. The first kappa shape index (κ1) is 14.3. The molecule has 0 bridgehead atoms. The number of rotatable bonds is 7. The third-order valence-corrected chi connectivity index (χ3v) is 3.93. The molecule has 2 heteroatoms. The van der Waals surface area contributed by atoms with Crippen molar-refractivity contribution in [1.82, 2.24) is 5.32 Å². The summed E-state index contributed by atoms with van der Waals surface area (Å²) < 4.78 is 0. The van der Waals surface area contributed by atoms with Crippen LogP contribution in [0.1, 0.15) is 56.5 Å². The molecule has 1 unspecified atom stereocenters. The van der Waals surface area contributed by atoms with Crippen LogP contribution in [0.2, 0.25) is 0 Å². The van der Waals surface area contributed by atoms with E-state index in [1.54, 1.807) is 0 Å². The highest BCUT2D eigenvalue weighted by Gasteiger charge is 2.14. The van der Waals surface area contributed by atoms with Crippen molar-refractivity contribution < 1.29 is 0 Å². The van der Waals surface area contributed by atoms with Crippen LogP contribution in [0.25, 0.3) is 0 Å². The van der Waals surface area contributed by atoms with Crippen LogP contribution < -0.4 is 5.32 Å². The molecule has 0 saturated carbocycles. The molecule has 1 heterocycles. The minimum Gasteiger partial charge on any atom is -0.309 e. The van der Waals surface area contributed by atoms with Gasteiger partial charge in [0, 0.05) is 17.3 Å². The lowest BCUT2D eigenvalue weighted by atomic mass is 10.0. The molecule has 1 rings (SSSR count). The lowest BCUT2D eigenvalue weighted by Gasteiger charge is -2.17. The van der Waals surface area contributed by atoms with Gasteiger partial charge in [0.15, 0.2) is 0 Å². The molecule has 0 amide bonds. The zero-order valence-electron chi connectivity index (χ0n) is 11.2. The molecule has 1 aromatic rings. The quantitative estimate of drug-likeness (QED) is 0.716. The van der Waals surface area contributed by atoms with Gasteiger partial charge in [-0.3, -0.25) is 0 Å². The Hall–Kier alpha value is -0.780. The van der Waals surface area contributed by atoms with Crippen LogP contribution in [0, 0.1) is 11.8 Å². The topological polar surface area (TPSA) is 12.0 Å². The lowest BCUT2D eigenvalue weighted by Crippen LogP contribution is -2.22. The molecule has 0 saturated heterocycles. The highest BCUT2D eigenvalue weighted by molar-refractivity contribution is 7.10. The van der Waals surface area contributed by atoms with Gasteiger partial charge in [0.1, 0.15) is 0 Å². The Kier molecular flexibility index (Phi) is 7.00. The smallest absolute Gasteiger partial charge is 0.0426 e. The van der Waals surface area contributed by atoms with Crippen LogP contribution in [0.3, 0.4) is 0 Å². The summed E-state index contributed by atoms with van der Waals surface area (Å²) in [4.78, 5) is 1.51. The molecule has 0 aliphatic rings. The minimum atomic E-state index is 0.491. The van der Waals surface area contributed by atoms with Crippen molar-refractivity contribution in [2.75, 3.05) is 6.54 Å². The van der Waals surface area contributed by atoms with Crippen molar-refractivity contribution in [3.05, 3.63) is 21.9 Å². The minimum absolute atomic E-state index is 0.491. The number of hydrogen-bond donors (Lipinski definition) is 1. The van der Waals surface area contributed by atoms with Gasteiger partial charge in [-0.05, 0) is 49.7 Å². The van der Waals surface area contributed by atoms with Crippen molar-refractivity contribution in [3.8, 4) is 11.8 Å². The summed E-state index contributed by atoms with van der Waals surface area (Å²) >= 11 is 1.88. The van der Waals surface area contributed by atoms with E-state index in [2.05, 4.69) is 42.5 Å².